The molecule has 3 aromatic rings. The molecule has 2 atom stereocenters. The number of nitrogens with two attached hydrogens (primary N) is 2. The van der Waals surface area contributed by atoms with E-state index in [2.05, 4.69) is 20.3 Å². The Labute approximate surface area is 215 Å². The number of ether oxygens (including phenoxy) is 1. The summed E-state index contributed by atoms with van der Waals surface area (Å²) in [5, 5.41) is 1.58. The van der Waals surface area contributed by atoms with E-state index in [1.807, 2.05) is 24.3 Å². The second-order valence-electron chi connectivity index (χ2n) is 9.46. The normalized spacial score (nSPS) is 20.0. The fourth-order valence-electron chi connectivity index (χ4n) is 4.87. The number of nitrogens with one attached hydrogen (secondary N) is 1. The molecule has 1 aliphatic carbocycles. The van der Waals surface area contributed by atoms with Gasteiger partial charge in [-0.25, -0.2) is 14.8 Å². The molecule has 1 amide bonds. The van der Waals surface area contributed by atoms with Gasteiger partial charge in [-0.15, -0.1) is 0 Å². The van der Waals surface area contributed by atoms with Crippen molar-refractivity contribution >= 4 is 23.1 Å². The first kappa shape index (κ1) is 25.1. The number of primary amides is 1. The molecule has 0 bridgehead atoms. The third kappa shape index (κ3) is 5.56. The number of amides is 1. The molecule has 1 saturated carbocycles. The Morgan fingerprint density at radius 2 is 1.81 bits per heavy atom. The van der Waals surface area contributed by atoms with Gasteiger partial charge in [0.15, 0.2) is 5.82 Å². The van der Waals surface area contributed by atoms with Crippen LogP contribution in [0.3, 0.4) is 0 Å². The van der Waals surface area contributed by atoms with Crippen molar-refractivity contribution in [1.29, 1.82) is 0 Å². The molecular formula is C27H32FN7O2. The number of nitrogens with zero attached hydrogens (tertiary/aromatic N) is 4. The van der Waals surface area contributed by atoms with Crippen molar-refractivity contribution in [2.45, 2.75) is 37.8 Å². The standard InChI is InChI=1S/C27H32FN7O2/c28-26-21(18-5-8-20(9-6-18)34-11-13-37-14-12-34)16-31-17-24(26)35(33-23-4-2-1-3-22(23)29)25-10-7-19(15-32-25)27(30)36/h5-10,15-17,22-23,33H,1-4,11-14,29H2,(H2,30,36). The van der Waals surface area contributed by atoms with Gasteiger partial charge in [-0.1, -0.05) is 25.0 Å². The number of pyridine rings is 2. The molecule has 10 heteroatoms. The first-order valence-electron chi connectivity index (χ1n) is 12.7. The predicted octanol–water partition coefficient (Wildman–Crippen LogP) is 3.13. The molecule has 5 N–H and O–H groups in total. The van der Waals surface area contributed by atoms with E-state index in [-0.39, 0.29) is 23.3 Å². The lowest BCUT2D eigenvalue weighted by Crippen LogP contribution is -2.53. The Hall–Kier alpha value is -3.60. The highest BCUT2D eigenvalue weighted by Gasteiger charge is 2.27. The monoisotopic (exact) mass is 505 g/mol. The molecule has 2 unspecified atom stereocenters. The van der Waals surface area contributed by atoms with Crippen molar-refractivity contribution in [3.05, 3.63) is 66.4 Å². The summed E-state index contributed by atoms with van der Waals surface area (Å²) in [6.45, 7) is 3.06. The van der Waals surface area contributed by atoms with E-state index < -0.39 is 11.7 Å². The maximum atomic E-state index is 16.1. The number of benzene rings is 1. The number of anilines is 3. The maximum absolute atomic E-state index is 16.1. The lowest BCUT2D eigenvalue weighted by molar-refractivity contribution is 0.1000. The summed E-state index contributed by atoms with van der Waals surface area (Å²) in [5.74, 6) is -0.613. The van der Waals surface area contributed by atoms with Crippen LogP contribution in [0.5, 0.6) is 0 Å². The van der Waals surface area contributed by atoms with Crippen molar-refractivity contribution in [1.82, 2.24) is 15.4 Å². The molecule has 9 nitrogen and oxygen atoms in total. The number of aromatic nitrogens is 2. The maximum Gasteiger partial charge on any atom is 0.250 e. The molecule has 3 heterocycles. The second kappa shape index (κ2) is 11.2. The van der Waals surface area contributed by atoms with E-state index in [0.29, 0.717) is 24.6 Å². The van der Waals surface area contributed by atoms with Crippen LogP contribution in [0.15, 0.2) is 55.0 Å². The van der Waals surface area contributed by atoms with Crippen molar-refractivity contribution < 1.29 is 13.9 Å². The number of morpholine rings is 1. The number of hydrogen-bond acceptors (Lipinski definition) is 8. The molecule has 0 radical (unpaired) electrons. The number of hydrogen-bond donors (Lipinski definition) is 3. The van der Waals surface area contributed by atoms with Gasteiger partial charge in [0.2, 0.25) is 5.91 Å². The van der Waals surface area contributed by atoms with E-state index in [0.717, 1.165) is 50.0 Å². The van der Waals surface area contributed by atoms with Crippen LogP contribution in [0.2, 0.25) is 0 Å². The Morgan fingerprint density at radius 3 is 2.49 bits per heavy atom. The Bertz CT molecular complexity index is 1220. The van der Waals surface area contributed by atoms with Gasteiger partial charge >= 0.3 is 0 Å². The summed E-state index contributed by atoms with van der Waals surface area (Å²) in [6, 6.07) is 10.9. The van der Waals surface area contributed by atoms with Gasteiger partial charge < -0.3 is 21.1 Å². The van der Waals surface area contributed by atoms with Gasteiger partial charge in [0.1, 0.15) is 11.5 Å². The van der Waals surface area contributed by atoms with Gasteiger partial charge in [-0.05, 0) is 42.7 Å². The van der Waals surface area contributed by atoms with Crippen molar-refractivity contribution in [3.63, 3.8) is 0 Å². The minimum absolute atomic E-state index is 0.0674. The predicted molar refractivity (Wildman–Crippen MR) is 141 cm³/mol. The van der Waals surface area contributed by atoms with Crippen LogP contribution < -0.4 is 26.8 Å². The minimum Gasteiger partial charge on any atom is -0.378 e. The Kier molecular flexibility index (Phi) is 7.59. The average Bonchev–Trinajstić information content (AvgIpc) is 2.94. The second-order valence-corrected chi connectivity index (χ2v) is 9.46. The summed E-state index contributed by atoms with van der Waals surface area (Å²) < 4.78 is 21.6. The molecule has 2 aliphatic rings. The van der Waals surface area contributed by atoms with Gasteiger partial charge in [-0.3, -0.25) is 14.8 Å². The molecule has 5 rings (SSSR count). The van der Waals surface area contributed by atoms with E-state index >= 15 is 4.39 Å². The molecule has 194 valence electrons. The van der Waals surface area contributed by atoms with E-state index in [1.165, 1.54) is 18.6 Å². The fourth-order valence-corrected chi connectivity index (χ4v) is 4.87. The Morgan fingerprint density at radius 1 is 1.05 bits per heavy atom. The first-order chi connectivity index (χ1) is 18.0. The summed E-state index contributed by atoms with van der Waals surface area (Å²) in [5.41, 5.74) is 17.8. The molecular weight excluding hydrogens is 473 g/mol. The number of carbonyl (C=O) groups excluding carboxylic acids is 1. The minimum atomic E-state index is -0.580. The third-order valence-electron chi connectivity index (χ3n) is 7.03. The molecule has 37 heavy (non-hydrogen) atoms. The molecule has 1 saturated heterocycles. The van der Waals surface area contributed by atoms with Crippen LogP contribution >= 0.6 is 0 Å². The zero-order valence-electron chi connectivity index (χ0n) is 20.6. The molecule has 2 aromatic heterocycles. The fraction of sp³-hybridized carbons (Fsp3) is 0.370. The lowest BCUT2D eigenvalue weighted by atomic mass is 9.91. The zero-order valence-corrected chi connectivity index (χ0v) is 20.6. The summed E-state index contributed by atoms with van der Waals surface area (Å²) >= 11 is 0. The van der Waals surface area contributed by atoms with Gasteiger partial charge in [0.25, 0.3) is 0 Å². The average molecular weight is 506 g/mol. The topological polar surface area (TPSA) is 123 Å². The molecule has 0 spiro atoms. The number of hydrazine groups is 1. The molecule has 1 aliphatic heterocycles. The van der Waals surface area contributed by atoms with Crippen LogP contribution in [0.1, 0.15) is 36.0 Å². The zero-order chi connectivity index (χ0) is 25.8. The third-order valence-corrected chi connectivity index (χ3v) is 7.03. The summed E-state index contributed by atoms with van der Waals surface area (Å²) in [6.07, 6.45) is 8.21. The number of carbonyl (C=O) groups is 1. The SMILES string of the molecule is NC(=O)c1ccc(N(NC2CCCCC2N)c2cncc(-c3ccc(N4CCOCC4)cc3)c2F)nc1. The van der Waals surface area contributed by atoms with Crippen LogP contribution in [-0.2, 0) is 4.74 Å². The number of halogens is 1. The highest BCUT2D eigenvalue weighted by atomic mass is 19.1. The van der Waals surface area contributed by atoms with E-state index in [1.54, 1.807) is 17.1 Å². The van der Waals surface area contributed by atoms with E-state index in [4.69, 9.17) is 16.2 Å². The van der Waals surface area contributed by atoms with Crippen LogP contribution in [0.4, 0.5) is 21.6 Å². The molecule has 2 fully saturated rings. The van der Waals surface area contributed by atoms with Crippen LogP contribution in [0.25, 0.3) is 11.1 Å². The van der Waals surface area contributed by atoms with Crippen LogP contribution in [-0.4, -0.2) is 54.3 Å². The summed E-state index contributed by atoms with van der Waals surface area (Å²) in [4.78, 5) is 22.5. The largest absolute Gasteiger partial charge is 0.378 e. The smallest absolute Gasteiger partial charge is 0.250 e. The van der Waals surface area contributed by atoms with Crippen LogP contribution in [0, 0.1) is 5.82 Å². The lowest BCUT2D eigenvalue weighted by Gasteiger charge is -2.35. The van der Waals surface area contributed by atoms with Gasteiger partial charge in [0.05, 0.1) is 25.0 Å². The van der Waals surface area contributed by atoms with Crippen molar-refractivity contribution in [3.8, 4) is 11.1 Å². The van der Waals surface area contributed by atoms with Crippen molar-refractivity contribution in [2.75, 3.05) is 36.2 Å². The van der Waals surface area contributed by atoms with Gasteiger partial charge in [-0.2, -0.15) is 0 Å². The Balaban J connectivity index is 1.48. The highest BCUT2D eigenvalue weighted by Crippen LogP contribution is 2.33. The molecule has 1 aromatic carbocycles. The first-order valence-corrected chi connectivity index (χ1v) is 12.7. The number of rotatable bonds is 7. The van der Waals surface area contributed by atoms with Gasteiger partial charge in [0, 0.05) is 48.8 Å². The highest BCUT2D eigenvalue weighted by molar-refractivity contribution is 5.92. The quantitative estimate of drug-likeness (QED) is 0.419. The van der Waals surface area contributed by atoms with Crippen molar-refractivity contribution in [2.24, 2.45) is 11.5 Å². The van der Waals surface area contributed by atoms with E-state index in [9.17, 15) is 4.79 Å². The summed E-state index contributed by atoms with van der Waals surface area (Å²) in [7, 11) is 0.